The summed E-state index contributed by atoms with van der Waals surface area (Å²) in [6, 6.07) is 13.1. The first-order valence-corrected chi connectivity index (χ1v) is 8.38. The number of hydrogen-bond donors (Lipinski definition) is 0. The largest absolute Gasteiger partial charge is 0.382 e. The van der Waals surface area contributed by atoms with Crippen molar-refractivity contribution in [2.75, 3.05) is 20.8 Å². The zero-order chi connectivity index (χ0) is 16.4. The molecule has 2 aromatic carbocycles. The number of rotatable bonds is 5. The van der Waals surface area contributed by atoms with E-state index >= 15 is 0 Å². The number of fused-ring (bicyclic) bond motifs is 1. The quantitative estimate of drug-likeness (QED) is 0.830. The van der Waals surface area contributed by atoms with Gasteiger partial charge >= 0.3 is 0 Å². The van der Waals surface area contributed by atoms with Crippen molar-refractivity contribution in [2.24, 2.45) is 5.92 Å². The zero-order valence-electron chi connectivity index (χ0n) is 14.4. The van der Waals surface area contributed by atoms with Crippen LogP contribution in [0.4, 0.5) is 0 Å². The highest BCUT2D eigenvalue weighted by Gasteiger charge is 2.43. The molecule has 0 aliphatic carbocycles. The molecule has 0 bridgehead atoms. The maximum atomic E-state index is 6.35. The van der Waals surface area contributed by atoms with E-state index in [1.807, 2.05) is 0 Å². The molecule has 1 aliphatic heterocycles. The van der Waals surface area contributed by atoms with Gasteiger partial charge in [0.05, 0.1) is 18.8 Å². The van der Waals surface area contributed by atoms with Crippen molar-refractivity contribution in [3.05, 3.63) is 47.5 Å². The average molecular weight is 314 g/mol. The lowest BCUT2D eigenvalue weighted by Crippen LogP contribution is -2.31. The Balaban J connectivity index is 2.01. The molecule has 0 N–H and O–H groups in total. The third-order valence-electron chi connectivity index (χ3n) is 4.98. The van der Waals surface area contributed by atoms with Gasteiger partial charge < -0.3 is 14.2 Å². The number of aryl methyl sites for hydroxylation is 1. The van der Waals surface area contributed by atoms with Gasteiger partial charge in [-0.05, 0) is 34.4 Å². The molecule has 3 rings (SSSR count). The molecule has 3 unspecified atom stereocenters. The second-order valence-corrected chi connectivity index (χ2v) is 6.36. The van der Waals surface area contributed by atoms with Gasteiger partial charge in [-0.1, -0.05) is 44.2 Å². The summed E-state index contributed by atoms with van der Waals surface area (Å²) in [6.45, 7) is 4.98. The summed E-state index contributed by atoms with van der Waals surface area (Å²) in [5, 5.41) is 2.55. The van der Waals surface area contributed by atoms with Gasteiger partial charge in [0.2, 0.25) is 0 Å². The maximum absolute atomic E-state index is 6.35. The fraction of sp³-hybridized carbons (Fsp3) is 0.500. The molecule has 1 fully saturated rings. The van der Waals surface area contributed by atoms with Crippen LogP contribution in [0.5, 0.6) is 0 Å². The van der Waals surface area contributed by atoms with Crippen LogP contribution < -0.4 is 0 Å². The first kappa shape index (κ1) is 16.4. The summed E-state index contributed by atoms with van der Waals surface area (Å²) in [4.78, 5) is 0. The van der Waals surface area contributed by atoms with Crippen molar-refractivity contribution in [3.63, 3.8) is 0 Å². The summed E-state index contributed by atoms with van der Waals surface area (Å²) in [7, 11) is 3.47. The minimum absolute atomic E-state index is 0.0128. The molecule has 0 radical (unpaired) electrons. The second-order valence-electron chi connectivity index (χ2n) is 6.36. The lowest BCUT2D eigenvalue weighted by molar-refractivity contribution is -0.0448. The highest BCUT2D eigenvalue weighted by molar-refractivity contribution is 5.84. The molecular formula is C20H26O3. The number of ether oxygens (including phenoxy) is 3. The first-order valence-electron chi connectivity index (χ1n) is 8.38. The average Bonchev–Trinajstić information content (AvgIpc) is 2.89. The molecule has 3 nitrogen and oxygen atoms in total. The van der Waals surface area contributed by atoms with Crippen molar-refractivity contribution in [1.29, 1.82) is 0 Å². The van der Waals surface area contributed by atoms with Gasteiger partial charge in [0.15, 0.2) is 0 Å². The van der Waals surface area contributed by atoms with Crippen LogP contribution in [0.2, 0.25) is 0 Å². The minimum atomic E-state index is -0.0128. The summed E-state index contributed by atoms with van der Waals surface area (Å²) in [5.41, 5.74) is 2.65. The number of methoxy groups -OCH3 is 2. The van der Waals surface area contributed by atoms with Crippen molar-refractivity contribution in [3.8, 4) is 0 Å². The number of hydrogen-bond acceptors (Lipinski definition) is 3. The molecule has 0 saturated carbocycles. The fourth-order valence-corrected chi connectivity index (χ4v) is 3.80. The molecule has 0 aromatic heterocycles. The van der Waals surface area contributed by atoms with Crippen molar-refractivity contribution in [1.82, 2.24) is 0 Å². The van der Waals surface area contributed by atoms with Crippen LogP contribution >= 0.6 is 0 Å². The fourth-order valence-electron chi connectivity index (χ4n) is 3.80. The normalized spacial score (nSPS) is 27.7. The smallest absolute Gasteiger partial charge is 0.108 e. The summed E-state index contributed by atoms with van der Waals surface area (Å²) >= 11 is 0. The SMILES string of the molecule is CCc1cc2ccccc2cc1[C@@H]1OC(COC)C(OC)C1C. The first-order chi connectivity index (χ1) is 11.2. The van der Waals surface area contributed by atoms with E-state index in [9.17, 15) is 0 Å². The Morgan fingerprint density at radius 1 is 1.09 bits per heavy atom. The van der Waals surface area contributed by atoms with Crippen LogP contribution in [0.3, 0.4) is 0 Å². The van der Waals surface area contributed by atoms with Crippen molar-refractivity contribution < 1.29 is 14.2 Å². The van der Waals surface area contributed by atoms with Gasteiger partial charge in [0.25, 0.3) is 0 Å². The Morgan fingerprint density at radius 2 is 1.78 bits per heavy atom. The Bertz CT molecular complexity index is 667. The topological polar surface area (TPSA) is 27.7 Å². The van der Waals surface area contributed by atoms with Crippen LogP contribution in [-0.2, 0) is 20.6 Å². The van der Waals surface area contributed by atoms with Crippen LogP contribution in [0, 0.1) is 5.92 Å². The van der Waals surface area contributed by atoms with Gasteiger partial charge in [0.1, 0.15) is 6.10 Å². The van der Waals surface area contributed by atoms with Gasteiger partial charge in [-0.2, -0.15) is 0 Å². The molecule has 3 heteroatoms. The van der Waals surface area contributed by atoms with Crippen LogP contribution in [0.15, 0.2) is 36.4 Å². The van der Waals surface area contributed by atoms with E-state index in [1.165, 1.54) is 21.9 Å². The highest BCUT2D eigenvalue weighted by Crippen LogP contribution is 2.42. The van der Waals surface area contributed by atoms with Gasteiger partial charge in [0, 0.05) is 20.1 Å². The van der Waals surface area contributed by atoms with Crippen molar-refractivity contribution >= 4 is 10.8 Å². The highest BCUT2D eigenvalue weighted by atomic mass is 16.6. The van der Waals surface area contributed by atoms with Crippen LogP contribution in [0.1, 0.15) is 31.1 Å². The zero-order valence-corrected chi connectivity index (χ0v) is 14.4. The lowest BCUT2D eigenvalue weighted by atomic mass is 9.88. The Kier molecular flexibility index (Phi) is 5.00. The third-order valence-corrected chi connectivity index (χ3v) is 4.98. The monoisotopic (exact) mass is 314 g/mol. The van der Waals surface area contributed by atoms with Crippen LogP contribution in [-0.4, -0.2) is 33.0 Å². The van der Waals surface area contributed by atoms with E-state index in [1.54, 1.807) is 14.2 Å². The molecule has 1 saturated heterocycles. The van der Waals surface area contributed by atoms with E-state index < -0.39 is 0 Å². The van der Waals surface area contributed by atoms with E-state index in [2.05, 4.69) is 50.2 Å². The van der Waals surface area contributed by atoms with Crippen LogP contribution in [0.25, 0.3) is 10.8 Å². The van der Waals surface area contributed by atoms with Crippen molar-refractivity contribution in [2.45, 2.75) is 38.6 Å². The molecule has 1 aliphatic rings. The van der Waals surface area contributed by atoms with E-state index in [4.69, 9.17) is 14.2 Å². The Labute approximate surface area is 138 Å². The molecule has 0 spiro atoms. The van der Waals surface area contributed by atoms with Gasteiger partial charge in [-0.25, -0.2) is 0 Å². The lowest BCUT2D eigenvalue weighted by Gasteiger charge is -2.21. The molecule has 1 heterocycles. The summed E-state index contributed by atoms with van der Waals surface area (Å²) in [6.07, 6.45) is 1.11. The van der Waals surface area contributed by atoms with Gasteiger partial charge in [-0.3, -0.25) is 0 Å². The van der Waals surface area contributed by atoms with Gasteiger partial charge in [-0.15, -0.1) is 0 Å². The molecule has 0 amide bonds. The molecular weight excluding hydrogens is 288 g/mol. The summed E-state index contributed by atoms with van der Waals surface area (Å²) < 4.78 is 17.4. The Hall–Kier alpha value is -1.42. The summed E-state index contributed by atoms with van der Waals surface area (Å²) in [5.74, 6) is 0.298. The molecule has 2 aromatic rings. The minimum Gasteiger partial charge on any atom is -0.382 e. The Morgan fingerprint density at radius 3 is 2.39 bits per heavy atom. The van der Waals surface area contributed by atoms with E-state index in [0.29, 0.717) is 12.5 Å². The third kappa shape index (κ3) is 3.01. The predicted molar refractivity (Wildman–Crippen MR) is 92.8 cm³/mol. The van der Waals surface area contributed by atoms with E-state index in [0.717, 1.165) is 6.42 Å². The predicted octanol–water partition coefficient (Wildman–Crippen LogP) is 4.14. The second kappa shape index (κ2) is 7.00. The molecule has 23 heavy (non-hydrogen) atoms. The molecule has 124 valence electrons. The number of benzene rings is 2. The maximum Gasteiger partial charge on any atom is 0.108 e. The molecule has 4 atom stereocenters. The standard InChI is InChI=1S/C20H26O3/c1-5-14-10-15-8-6-7-9-16(15)11-17(14)19-13(2)20(22-4)18(23-19)12-21-3/h6-11,13,18-20H,5,12H2,1-4H3/t13?,18?,19-,20?/m1/s1. The van der Waals surface area contributed by atoms with E-state index in [-0.39, 0.29) is 18.3 Å².